The summed E-state index contributed by atoms with van der Waals surface area (Å²) >= 11 is 0. The molecule has 1 unspecified atom stereocenters. The second-order valence-corrected chi connectivity index (χ2v) is 3.86. The molecule has 0 radical (unpaired) electrons. The molecule has 0 amide bonds. The van der Waals surface area contributed by atoms with Crippen LogP contribution in [0.15, 0.2) is 12.3 Å². The van der Waals surface area contributed by atoms with E-state index >= 15 is 0 Å². The van der Waals surface area contributed by atoms with E-state index in [4.69, 9.17) is 11.5 Å². The molecule has 82 valence electrons. The van der Waals surface area contributed by atoms with Gasteiger partial charge in [0.25, 0.3) is 0 Å². The van der Waals surface area contributed by atoms with Crippen molar-refractivity contribution in [1.29, 1.82) is 0 Å². The molecule has 1 atom stereocenters. The van der Waals surface area contributed by atoms with Crippen LogP contribution in [0.3, 0.4) is 0 Å². The third kappa shape index (κ3) is 2.76. The number of hydrogen-bond acceptors (Lipinski definition) is 4. The van der Waals surface area contributed by atoms with Gasteiger partial charge in [-0.05, 0) is 31.0 Å². The van der Waals surface area contributed by atoms with Crippen molar-refractivity contribution < 1.29 is 4.79 Å². The van der Waals surface area contributed by atoms with Crippen molar-refractivity contribution in [3.63, 3.8) is 0 Å². The smallest absolute Gasteiger partial charge is 0.167 e. The zero-order chi connectivity index (χ0) is 11.4. The first-order valence-electron chi connectivity index (χ1n) is 5.00. The Morgan fingerprint density at radius 3 is 2.80 bits per heavy atom. The molecular formula is C11H17N3O. The molecule has 0 bridgehead atoms. The summed E-state index contributed by atoms with van der Waals surface area (Å²) in [5.41, 5.74) is 12.6. The fourth-order valence-corrected chi connectivity index (χ4v) is 1.44. The fraction of sp³-hybridized carbons (Fsp3) is 0.455. The second kappa shape index (κ2) is 4.89. The highest BCUT2D eigenvalue weighted by molar-refractivity contribution is 6.01. The normalized spacial score (nSPS) is 12.5. The molecule has 0 aliphatic rings. The molecule has 1 rings (SSSR count). The quantitative estimate of drug-likeness (QED) is 0.725. The zero-order valence-electron chi connectivity index (χ0n) is 9.16. The Labute approximate surface area is 89.7 Å². The number of pyridine rings is 1. The van der Waals surface area contributed by atoms with Crippen molar-refractivity contribution >= 4 is 11.6 Å². The van der Waals surface area contributed by atoms with Crippen LogP contribution in [0.2, 0.25) is 0 Å². The molecule has 0 fully saturated rings. The molecule has 0 saturated heterocycles. The summed E-state index contributed by atoms with van der Waals surface area (Å²) in [7, 11) is 0. The number of carbonyl (C=O) groups excluding carboxylic acids is 1. The lowest BCUT2D eigenvalue weighted by molar-refractivity contribution is 0.0966. The van der Waals surface area contributed by atoms with Crippen molar-refractivity contribution in [2.75, 3.05) is 12.3 Å². The maximum atomic E-state index is 11.9. The van der Waals surface area contributed by atoms with Gasteiger partial charge in [-0.15, -0.1) is 0 Å². The molecule has 1 aromatic heterocycles. The highest BCUT2D eigenvalue weighted by atomic mass is 16.1. The molecule has 0 aromatic carbocycles. The number of rotatable bonds is 4. The van der Waals surface area contributed by atoms with Crippen LogP contribution in [0.5, 0.6) is 0 Å². The van der Waals surface area contributed by atoms with Crippen molar-refractivity contribution in [2.24, 2.45) is 11.7 Å². The van der Waals surface area contributed by atoms with E-state index in [1.54, 1.807) is 12.3 Å². The zero-order valence-corrected chi connectivity index (χ0v) is 9.16. The summed E-state index contributed by atoms with van der Waals surface area (Å²) in [6.45, 7) is 4.31. The molecule has 0 spiro atoms. The Bertz CT molecular complexity index is 343. The lowest BCUT2D eigenvalue weighted by Gasteiger charge is -2.10. The van der Waals surface area contributed by atoms with E-state index in [-0.39, 0.29) is 11.7 Å². The number of aromatic nitrogens is 1. The predicted molar refractivity (Wildman–Crippen MR) is 60.6 cm³/mol. The second-order valence-electron chi connectivity index (χ2n) is 3.86. The van der Waals surface area contributed by atoms with Crippen LogP contribution in [0.1, 0.15) is 29.3 Å². The number of hydrogen-bond donors (Lipinski definition) is 2. The molecule has 1 aromatic rings. The molecule has 4 heteroatoms. The van der Waals surface area contributed by atoms with Gasteiger partial charge in [-0.1, -0.05) is 6.92 Å². The van der Waals surface area contributed by atoms with Crippen LogP contribution in [0.4, 0.5) is 5.82 Å². The Hall–Kier alpha value is -1.42. The number of nitrogens with zero attached hydrogens (tertiary/aromatic N) is 1. The van der Waals surface area contributed by atoms with Crippen LogP contribution in [-0.4, -0.2) is 17.3 Å². The highest BCUT2D eigenvalue weighted by Crippen LogP contribution is 2.17. The number of Topliss-reactive ketones (excluding diaryl/α,β-unsaturated/α-hetero) is 1. The number of ketones is 1. The van der Waals surface area contributed by atoms with Crippen LogP contribution in [0, 0.1) is 12.8 Å². The predicted octanol–water partition coefficient (Wildman–Crippen LogP) is 1.14. The Morgan fingerprint density at radius 2 is 2.27 bits per heavy atom. The molecule has 4 N–H and O–H groups in total. The average molecular weight is 207 g/mol. The maximum absolute atomic E-state index is 11.9. The van der Waals surface area contributed by atoms with Gasteiger partial charge in [0, 0.05) is 12.6 Å². The number of nitrogen functional groups attached to an aromatic ring is 1. The van der Waals surface area contributed by atoms with Crippen molar-refractivity contribution in [3.05, 3.63) is 23.4 Å². The van der Waals surface area contributed by atoms with Crippen molar-refractivity contribution in [2.45, 2.75) is 20.3 Å². The van der Waals surface area contributed by atoms with E-state index in [1.807, 2.05) is 13.8 Å². The molecular weight excluding hydrogens is 190 g/mol. The van der Waals surface area contributed by atoms with Gasteiger partial charge in [0.2, 0.25) is 0 Å². The van der Waals surface area contributed by atoms with Gasteiger partial charge in [0.1, 0.15) is 5.82 Å². The molecule has 4 nitrogen and oxygen atoms in total. The van der Waals surface area contributed by atoms with E-state index in [1.165, 1.54) is 0 Å². The molecule has 1 heterocycles. The topological polar surface area (TPSA) is 82.0 Å². The Morgan fingerprint density at radius 1 is 1.60 bits per heavy atom. The minimum atomic E-state index is 0.0241. The summed E-state index contributed by atoms with van der Waals surface area (Å²) in [5, 5.41) is 0. The van der Waals surface area contributed by atoms with Gasteiger partial charge in [-0.3, -0.25) is 4.79 Å². The largest absolute Gasteiger partial charge is 0.383 e. The monoisotopic (exact) mass is 207 g/mol. The third-order valence-electron chi connectivity index (χ3n) is 2.40. The maximum Gasteiger partial charge on any atom is 0.167 e. The van der Waals surface area contributed by atoms with Crippen LogP contribution in [0.25, 0.3) is 0 Å². The minimum Gasteiger partial charge on any atom is -0.383 e. The van der Waals surface area contributed by atoms with Gasteiger partial charge >= 0.3 is 0 Å². The van der Waals surface area contributed by atoms with Gasteiger partial charge in [0.15, 0.2) is 5.78 Å². The standard InChI is InChI=1S/C11H17N3O/c1-7(6-12)5-9(15)10-8(2)3-4-14-11(10)13/h3-4,7H,5-6,12H2,1-2H3,(H2,13,14). The SMILES string of the molecule is Cc1ccnc(N)c1C(=O)CC(C)CN. The molecule has 0 aliphatic carbocycles. The van der Waals surface area contributed by atoms with Crippen LogP contribution < -0.4 is 11.5 Å². The number of aryl methyl sites for hydroxylation is 1. The van der Waals surface area contributed by atoms with Crippen LogP contribution in [-0.2, 0) is 0 Å². The molecule has 0 saturated carbocycles. The third-order valence-corrected chi connectivity index (χ3v) is 2.40. The fourth-order valence-electron chi connectivity index (χ4n) is 1.44. The summed E-state index contributed by atoms with van der Waals surface area (Å²) in [6, 6.07) is 1.79. The van der Waals surface area contributed by atoms with Gasteiger partial charge in [-0.2, -0.15) is 0 Å². The van der Waals surface area contributed by atoms with Crippen molar-refractivity contribution in [1.82, 2.24) is 4.98 Å². The summed E-state index contributed by atoms with van der Waals surface area (Å²) < 4.78 is 0. The number of carbonyl (C=O) groups is 1. The lowest BCUT2D eigenvalue weighted by Crippen LogP contribution is -2.17. The van der Waals surface area contributed by atoms with Gasteiger partial charge in [-0.25, -0.2) is 4.98 Å². The number of nitrogens with two attached hydrogens (primary N) is 2. The Kier molecular flexibility index (Phi) is 3.80. The van der Waals surface area contributed by atoms with E-state index in [9.17, 15) is 4.79 Å². The van der Waals surface area contributed by atoms with E-state index < -0.39 is 0 Å². The minimum absolute atomic E-state index is 0.0241. The van der Waals surface area contributed by atoms with Crippen molar-refractivity contribution in [3.8, 4) is 0 Å². The van der Waals surface area contributed by atoms with E-state index in [0.29, 0.717) is 24.3 Å². The summed E-state index contributed by atoms with van der Waals surface area (Å²) in [5.74, 6) is 0.511. The van der Waals surface area contributed by atoms with Gasteiger partial charge < -0.3 is 11.5 Å². The summed E-state index contributed by atoms with van der Waals surface area (Å²) in [4.78, 5) is 15.8. The Balaban J connectivity index is 2.91. The van der Waals surface area contributed by atoms with Gasteiger partial charge in [0.05, 0.1) is 5.56 Å². The lowest BCUT2D eigenvalue weighted by atomic mass is 9.97. The highest BCUT2D eigenvalue weighted by Gasteiger charge is 2.15. The first-order valence-corrected chi connectivity index (χ1v) is 5.00. The summed E-state index contributed by atoms with van der Waals surface area (Å²) in [6.07, 6.45) is 2.03. The first kappa shape index (κ1) is 11.7. The first-order chi connectivity index (χ1) is 7.06. The molecule has 0 aliphatic heterocycles. The van der Waals surface area contributed by atoms with E-state index in [0.717, 1.165) is 5.56 Å². The number of anilines is 1. The average Bonchev–Trinajstić information content (AvgIpc) is 2.17. The van der Waals surface area contributed by atoms with E-state index in [2.05, 4.69) is 4.98 Å². The molecule has 15 heavy (non-hydrogen) atoms. The van der Waals surface area contributed by atoms with Crippen LogP contribution >= 0.6 is 0 Å².